The maximum absolute atomic E-state index is 9.66. The van der Waals surface area contributed by atoms with Gasteiger partial charge in [0.15, 0.2) is 0 Å². The van der Waals surface area contributed by atoms with Gasteiger partial charge >= 0.3 is 0 Å². The van der Waals surface area contributed by atoms with E-state index < -0.39 is 0 Å². The summed E-state index contributed by atoms with van der Waals surface area (Å²) < 4.78 is 0. The van der Waals surface area contributed by atoms with E-state index >= 15 is 0 Å². The van der Waals surface area contributed by atoms with Gasteiger partial charge in [-0.15, -0.1) is 0 Å². The van der Waals surface area contributed by atoms with Crippen LogP contribution in [0.1, 0.15) is 17.2 Å². The molecule has 0 fully saturated rings. The Morgan fingerprint density at radius 1 is 1.54 bits per heavy atom. The van der Waals surface area contributed by atoms with Crippen LogP contribution in [-0.4, -0.2) is 18.2 Å². The second-order valence-corrected chi connectivity index (χ2v) is 3.34. The molecule has 13 heavy (non-hydrogen) atoms. The van der Waals surface area contributed by atoms with Crippen LogP contribution in [0.3, 0.4) is 0 Å². The number of rotatable bonds is 1. The Labute approximate surface area is 77.6 Å². The standard InChI is InChI=1S/C10H14N2O/c11-6-8-10-7(4-5-12-8)2-1-3-9(10)13/h1-3,8,12-13H,4-6,11H2. The summed E-state index contributed by atoms with van der Waals surface area (Å²) in [6, 6.07) is 5.77. The Kier molecular flexibility index (Phi) is 2.20. The second-order valence-electron chi connectivity index (χ2n) is 3.34. The zero-order valence-electron chi connectivity index (χ0n) is 7.46. The van der Waals surface area contributed by atoms with E-state index in [0.29, 0.717) is 12.3 Å². The van der Waals surface area contributed by atoms with Crippen LogP contribution < -0.4 is 11.1 Å². The number of hydrogen-bond donors (Lipinski definition) is 3. The summed E-state index contributed by atoms with van der Waals surface area (Å²) in [7, 11) is 0. The summed E-state index contributed by atoms with van der Waals surface area (Å²) in [5, 5.41) is 12.9. The van der Waals surface area contributed by atoms with Crippen molar-refractivity contribution >= 4 is 0 Å². The normalized spacial score (nSPS) is 21.2. The van der Waals surface area contributed by atoms with Crippen molar-refractivity contribution in [2.75, 3.05) is 13.1 Å². The predicted octanol–water partition coefficient (Wildman–Crippen LogP) is 0.538. The van der Waals surface area contributed by atoms with Crippen LogP contribution >= 0.6 is 0 Å². The molecular formula is C10H14N2O. The van der Waals surface area contributed by atoms with Gasteiger partial charge in [-0.2, -0.15) is 0 Å². The Morgan fingerprint density at radius 2 is 2.38 bits per heavy atom. The molecule has 0 saturated carbocycles. The molecule has 1 aromatic rings. The average molecular weight is 178 g/mol. The summed E-state index contributed by atoms with van der Waals surface area (Å²) in [5.74, 6) is 0.361. The Hall–Kier alpha value is -1.06. The molecule has 0 radical (unpaired) electrons. The summed E-state index contributed by atoms with van der Waals surface area (Å²) >= 11 is 0. The molecule has 1 aromatic carbocycles. The molecule has 1 unspecified atom stereocenters. The third-order valence-electron chi connectivity index (χ3n) is 2.54. The summed E-state index contributed by atoms with van der Waals surface area (Å²) in [6.07, 6.45) is 0.972. The lowest BCUT2D eigenvalue weighted by Crippen LogP contribution is -2.34. The largest absolute Gasteiger partial charge is 0.508 e. The predicted molar refractivity (Wildman–Crippen MR) is 51.6 cm³/mol. The highest BCUT2D eigenvalue weighted by Crippen LogP contribution is 2.29. The lowest BCUT2D eigenvalue weighted by molar-refractivity contribution is 0.435. The van der Waals surface area contributed by atoms with Crippen molar-refractivity contribution in [3.63, 3.8) is 0 Å². The van der Waals surface area contributed by atoms with Crippen LogP contribution in [0.15, 0.2) is 18.2 Å². The van der Waals surface area contributed by atoms with Gasteiger partial charge in [0.25, 0.3) is 0 Å². The maximum atomic E-state index is 9.66. The van der Waals surface area contributed by atoms with E-state index in [1.807, 2.05) is 6.07 Å². The molecule has 1 aliphatic heterocycles. The van der Waals surface area contributed by atoms with Gasteiger partial charge in [-0.3, -0.25) is 0 Å². The van der Waals surface area contributed by atoms with E-state index in [0.717, 1.165) is 18.5 Å². The fourth-order valence-electron chi connectivity index (χ4n) is 1.90. The van der Waals surface area contributed by atoms with Gasteiger partial charge in [-0.05, 0) is 24.6 Å². The molecule has 0 spiro atoms. The number of aromatic hydroxyl groups is 1. The van der Waals surface area contributed by atoms with Crippen molar-refractivity contribution in [2.45, 2.75) is 12.5 Å². The summed E-state index contributed by atoms with van der Waals surface area (Å²) in [5.41, 5.74) is 7.81. The van der Waals surface area contributed by atoms with Gasteiger partial charge < -0.3 is 16.2 Å². The summed E-state index contributed by atoms with van der Waals surface area (Å²) in [6.45, 7) is 1.48. The SMILES string of the molecule is NCC1NCCc2cccc(O)c21. The number of phenolic OH excluding ortho intramolecular Hbond substituents is 1. The monoisotopic (exact) mass is 178 g/mol. The molecule has 1 atom stereocenters. The molecule has 0 amide bonds. The second kappa shape index (κ2) is 3.36. The number of benzene rings is 1. The first-order valence-corrected chi connectivity index (χ1v) is 4.57. The minimum Gasteiger partial charge on any atom is -0.508 e. The first kappa shape index (κ1) is 8.53. The van der Waals surface area contributed by atoms with Gasteiger partial charge in [-0.25, -0.2) is 0 Å². The van der Waals surface area contributed by atoms with Crippen molar-refractivity contribution in [1.29, 1.82) is 0 Å². The lowest BCUT2D eigenvalue weighted by Gasteiger charge is -2.26. The zero-order chi connectivity index (χ0) is 9.26. The smallest absolute Gasteiger partial charge is 0.120 e. The van der Waals surface area contributed by atoms with Crippen molar-refractivity contribution < 1.29 is 5.11 Å². The number of nitrogens with one attached hydrogen (secondary N) is 1. The highest BCUT2D eigenvalue weighted by atomic mass is 16.3. The first-order valence-electron chi connectivity index (χ1n) is 4.57. The third kappa shape index (κ3) is 1.41. The molecule has 1 aliphatic rings. The minimum atomic E-state index is 0.116. The van der Waals surface area contributed by atoms with Gasteiger partial charge in [0.2, 0.25) is 0 Å². The van der Waals surface area contributed by atoms with E-state index in [4.69, 9.17) is 5.73 Å². The Bertz CT molecular complexity index is 312. The Balaban J connectivity index is 2.47. The molecule has 3 nitrogen and oxygen atoms in total. The van der Waals surface area contributed by atoms with Gasteiger partial charge in [0.05, 0.1) is 0 Å². The topological polar surface area (TPSA) is 58.3 Å². The molecule has 3 heteroatoms. The van der Waals surface area contributed by atoms with Crippen LogP contribution in [0, 0.1) is 0 Å². The average Bonchev–Trinajstić information content (AvgIpc) is 2.17. The van der Waals surface area contributed by atoms with Gasteiger partial charge in [0, 0.05) is 18.2 Å². The molecule has 1 heterocycles. The molecule has 0 aliphatic carbocycles. The Morgan fingerprint density at radius 3 is 3.15 bits per heavy atom. The fourth-order valence-corrected chi connectivity index (χ4v) is 1.90. The number of nitrogens with two attached hydrogens (primary N) is 1. The summed E-state index contributed by atoms with van der Waals surface area (Å²) in [4.78, 5) is 0. The highest BCUT2D eigenvalue weighted by molar-refractivity contribution is 5.43. The molecular weight excluding hydrogens is 164 g/mol. The van der Waals surface area contributed by atoms with Crippen molar-refractivity contribution in [3.05, 3.63) is 29.3 Å². The van der Waals surface area contributed by atoms with E-state index in [1.165, 1.54) is 5.56 Å². The molecule has 4 N–H and O–H groups in total. The number of fused-ring (bicyclic) bond motifs is 1. The van der Waals surface area contributed by atoms with Crippen molar-refractivity contribution in [1.82, 2.24) is 5.32 Å². The van der Waals surface area contributed by atoms with Crippen LogP contribution in [0.4, 0.5) is 0 Å². The van der Waals surface area contributed by atoms with Crippen LogP contribution in [-0.2, 0) is 6.42 Å². The van der Waals surface area contributed by atoms with Crippen molar-refractivity contribution in [3.8, 4) is 5.75 Å². The van der Waals surface area contributed by atoms with E-state index in [2.05, 4.69) is 11.4 Å². The fraction of sp³-hybridized carbons (Fsp3) is 0.400. The first-order chi connectivity index (χ1) is 6.33. The van der Waals surface area contributed by atoms with E-state index in [9.17, 15) is 5.11 Å². The minimum absolute atomic E-state index is 0.116. The molecule has 0 saturated heterocycles. The van der Waals surface area contributed by atoms with Crippen LogP contribution in [0.25, 0.3) is 0 Å². The third-order valence-corrected chi connectivity index (χ3v) is 2.54. The molecule has 2 rings (SSSR count). The quantitative estimate of drug-likeness (QED) is 0.588. The van der Waals surface area contributed by atoms with Crippen molar-refractivity contribution in [2.24, 2.45) is 5.73 Å². The van der Waals surface area contributed by atoms with Crippen LogP contribution in [0.2, 0.25) is 0 Å². The molecule has 0 aromatic heterocycles. The molecule has 70 valence electrons. The zero-order valence-corrected chi connectivity index (χ0v) is 7.46. The van der Waals surface area contributed by atoms with Gasteiger partial charge in [-0.1, -0.05) is 12.1 Å². The van der Waals surface area contributed by atoms with E-state index in [-0.39, 0.29) is 6.04 Å². The van der Waals surface area contributed by atoms with Gasteiger partial charge in [0.1, 0.15) is 5.75 Å². The maximum Gasteiger partial charge on any atom is 0.120 e. The molecule has 0 bridgehead atoms. The highest BCUT2D eigenvalue weighted by Gasteiger charge is 2.20. The lowest BCUT2D eigenvalue weighted by atomic mass is 9.93. The van der Waals surface area contributed by atoms with Crippen LogP contribution in [0.5, 0.6) is 5.75 Å². The van der Waals surface area contributed by atoms with E-state index in [1.54, 1.807) is 6.07 Å². The number of hydrogen-bond acceptors (Lipinski definition) is 3. The number of phenols is 1.